The second-order valence-corrected chi connectivity index (χ2v) is 8.66. The molecule has 0 aromatic heterocycles. The molecule has 0 aliphatic heterocycles. The minimum atomic E-state index is -4.22. The Bertz CT molecular complexity index is 1000. The number of hydrogen-bond donors (Lipinski definition) is 2. The number of hydrogen-bond acceptors (Lipinski definition) is 3. The van der Waals surface area contributed by atoms with Crippen LogP contribution >= 0.6 is 0 Å². The summed E-state index contributed by atoms with van der Waals surface area (Å²) in [7, 11) is -4.22. The van der Waals surface area contributed by atoms with Gasteiger partial charge in [0.1, 0.15) is 4.90 Å². The van der Waals surface area contributed by atoms with Gasteiger partial charge in [-0.25, -0.2) is 26.3 Å². The first-order valence-electron chi connectivity index (χ1n) is 7.91. The fourth-order valence-electron chi connectivity index (χ4n) is 2.37. The first-order valence-corrected chi connectivity index (χ1v) is 9.39. The number of carbonyl (C=O) groups is 1. The van der Waals surface area contributed by atoms with E-state index >= 15 is 0 Å². The van der Waals surface area contributed by atoms with Gasteiger partial charge in [-0.3, -0.25) is 4.79 Å². The molecule has 0 unspecified atom stereocenters. The van der Waals surface area contributed by atoms with Gasteiger partial charge in [0.05, 0.1) is 5.56 Å². The molecule has 0 atom stereocenters. The van der Waals surface area contributed by atoms with E-state index < -0.39 is 49.4 Å². The molecule has 0 radical (unpaired) electrons. The normalized spacial score (nSPS) is 12.1. The van der Waals surface area contributed by atoms with Crippen molar-refractivity contribution >= 4 is 21.6 Å². The monoisotopic (exact) mass is 400 g/mol. The molecule has 0 saturated carbocycles. The number of benzene rings is 2. The predicted octanol–water partition coefficient (Wildman–Crippen LogP) is 3.74. The molecule has 2 aromatic carbocycles. The van der Waals surface area contributed by atoms with Gasteiger partial charge in [0.2, 0.25) is 10.0 Å². The molecule has 0 aliphatic carbocycles. The lowest BCUT2D eigenvalue weighted by molar-refractivity contribution is 0.102. The van der Waals surface area contributed by atoms with Crippen molar-refractivity contribution in [1.82, 2.24) is 4.72 Å². The van der Waals surface area contributed by atoms with E-state index in [4.69, 9.17) is 0 Å². The predicted molar refractivity (Wildman–Crippen MR) is 95.5 cm³/mol. The van der Waals surface area contributed by atoms with Crippen molar-refractivity contribution in [2.24, 2.45) is 0 Å². The molecular formula is C18H19F3N2O3S. The number of aryl methyl sites for hydroxylation is 1. The number of sulfonamides is 1. The summed E-state index contributed by atoms with van der Waals surface area (Å²) in [6.45, 7) is 6.20. The molecule has 0 heterocycles. The van der Waals surface area contributed by atoms with Crippen LogP contribution in [0.25, 0.3) is 0 Å². The second-order valence-electron chi connectivity index (χ2n) is 7.01. The first-order chi connectivity index (χ1) is 12.3. The number of amides is 1. The van der Waals surface area contributed by atoms with Gasteiger partial charge in [-0.2, -0.15) is 0 Å². The molecule has 0 fully saturated rings. The highest BCUT2D eigenvalue weighted by Gasteiger charge is 2.28. The van der Waals surface area contributed by atoms with Crippen LogP contribution in [0, 0.1) is 24.4 Å². The highest BCUT2D eigenvalue weighted by atomic mass is 32.2. The summed E-state index contributed by atoms with van der Waals surface area (Å²) < 4.78 is 68.3. The van der Waals surface area contributed by atoms with Crippen LogP contribution < -0.4 is 10.0 Å². The molecule has 0 bridgehead atoms. The quantitative estimate of drug-likeness (QED) is 0.821. The van der Waals surface area contributed by atoms with Gasteiger partial charge >= 0.3 is 0 Å². The van der Waals surface area contributed by atoms with E-state index in [-0.39, 0.29) is 11.3 Å². The maximum Gasteiger partial charge on any atom is 0.258 e. The summed E-state index contributed by atoms with van der Waals surface area (Å²) in [5.74, 6) is -4.50. The van der Waals surface area contributed by atoms with Crippen molar-refractivity contribution < 1.29 is 26.4 Å². The molecule has 2 aromatic rings. The number of nitrogens with one attached hydrogen (secondary N) is 2. The highest BCUT2D eigenvalue weighted by Crippen LogP contribution is 2.24. The molecule has 27 heavy (non-hydrogen) atoms. The Balaban J connectivity index is 2.45. The standard InChI is InChI=1S/C18H19F3N2O3S/c1-10-5-8-14(27(25,26)23-18(2,3)4)16(21)15(10)17(24)22-11-6-7-12(19)13(20)9-11/h5-9,23H,1-4H3,(H,22,24). The van der Waals surface area contributed by atoms with Crippen LogP contribution in [0.15, 0.2) is 35.2 Å². The van der Waals surface area contributed by atoms with Crippen molar-refractivity contribution in [2.45, 2.75) is 38.1 Å². The first kappa shape index (κ1) is 20.9. The average Bonchev–Trinajstić information content (AvgIpc) is 2.48. The van der Waals surface area contributed by atoms with Crippen molar-refractivity contribution in [3.8, 4) is 0 Å². The molecular weight excluding hydrogens is 381 g/mol. The summed E-state index contributed by atoms with van der Waals surface area (Å²) in [4.78, 5) is 11.8. The van der Waals surface area contributed by atoms with E-state index in [9.17, 15) is 26.4 Å². The minimum absolute atomic E-state index is 0.0984. The second kappa shape index (κ2) is 7.32. The summed E-state index contributed by atoms with van der Waals surface area (Å²) in [6.07, 6.45) is 0. The van der Waals surface area contributed by atoms with Crippen LogP contribution in [0.2, 0.25) is 0 Å². The Morgan fingerprint density at radius 2 is 1.63 bits per heavy atom. The molecule has 5 nitrogen and oxygen atoms in total. The van der Waals surface area contributed by atoms with E-state index in [1.54, 1.807) is 20.8 Å². The topological polar surface area (TPSA) is 75.3 Å². The van der Waals surface area contributed by atoms with Crippen LogP contribution in [-0.2, 0) is 10.0 Å². The van der Waals surface area contributed by atoms with Gasteiger partial charge in [0.15, 0.2) is 17.5 Å². The summed E-state index contributed by atoms with van der Waals surface area (Å²) in [5.41, 5.74) is -1.28. The van der Waals surface area contributed by atoms with Gasteiger partial charge in [-0.05, 0) is 51.5 Å². The molecule has 0 aliphatic rings. The van der Waals surface area contributed by atoms with Crippen LogP contribution in [-0.4, -0.2) is 19.9 Å². The van der Waals surface area contributed by atoms with Gasteiger partial charge in [-0.1, -0.05) is 6.07 Å². The van der Waals surface area contributed by atoms with Crippen LogP contribution in [0.5, 0.6) is 0 Å². The lowest BCUT2D eigenvalue weighted by Crippen LogP contribution is -2.41. The van der Waals surface area contributed by atoms with Gasteiger partial charge < -0.3 is 5.32 Å². The molecule has 0 spiro atoms. The van der Waals surface area contributed by atoms with Crippen molar-refractivity contribution in [2.75, 3.05) is 5.32 Å². The van der Waals surface area contributed by atoms with E-state index in [0.29, 0.717) is 0 Å². The Labute approximate surface area is 155 Å². The fraction of sp³-hybridized carbons (Fsp3) is 0.278. The average molecular weight is 400 g/mol. The van der Waals surface area contributed by atoms with Crippen LogP contribution in [0.4, 0.5) is 18.9 Å². The minimum Gasteiger partial charge on any atom is -0.322 e. The van der Waals surface area contributed by atoms with Gasteiger partial charge in [-0.15, -0.1) is 0 Å². The largest absolute Gasteiger partial charge is 0.322 e. The zero-order valence-electron chi connectivity index (χ0n) is 15.2. The maximum atomic E-state index is 14.9. The van der Waals surface area contributed by atoms with E-state index in [1.165, 1.54) is 13.0 Å². The van der Waals surface area contributed by atoms with E-state index in [0.717, 1.165) is 24.3 Å². The zero-order chi connectivity index (χ0) is 20.6. The number of rotatable bonds is 4. The third-order valence-electron chi connectivity index (χ3n) is 3.45. The smallest absolute Gasteiger partial charge is 0.258 e. The third kappa shape index (κ3) is 4.86. The lowest BCUT2D eigenvalue weighted by atomic mass is 10.1. The molecule has 9 heteroatoms. The van der Waals surface area contributed by atoms with Gasteiger partial charge in [0.25, 0.3) is 5.91 Å². The van der Waals surface area contributed by atoms with Crippen molar-refractivity contribution in [1.29, 1.82) is 0 Å². The third-order valence-corrected chi connectivity index (χ3v) is 5.22. The lowest BCUT2D eigenvalue weighted by Gasteiger charge is -2.21. The molecule has 2 rings (SSSR count). The molecule has 2 N–H and O–H groups in total. The Kier molecular flexibility index (Phi) is 5.67. The Morgan fingerprint density at radius 3 is 2.19 bits per heavy atom. The van der Waals surface area contributed by atoms with Crippen molar-refractivity contribution in [3.05, 3.63) is 58.9 Å². The Morgan fingerprint density at radius 1 is 1.00 bits per heavy atom. The highest BCUT2D eigenvalue weighted by molar-refractivity contribution is 7.89. The maximum absolute atomic E-state index is 14.9. The van der Waals surface area contributed by atoms with E-state index in [1.807, 2.05) is 0 Å². The van der Waals surface area contributed by atoms with E-state index in [2.05, 4.69) is 10.0 Å². The summed E-state index contributed by atoms with van der Waals surface area (Å²) in [5, 5.41) is 2.23. The molecule has 1 amide bonds. The molecule has 0 saturated heterocycles. The van der Waals surface area contributed by atoms with Crippen LogP contribution in [0.3, 0.4) is 0 Å². The fourth-order valence-corrected chi connectivity index (χ4v) is 3.87. The van der Waals surface area contributed by atoms with Crippen LogP contribution in [0.1, 0.15) is 36.7 Å². The SMILES string of the molecule is Cc1ccc(S(=O)(=O)NC(C)(C)C)c(F)c1C(=O)Nc1ccc(F)c(F)c1. The summed E-state index contributed by atoms with van der Waals surface area (Å²) >= 11 is 0. The number of carbonyl (C=O) groups excluding carboxylic acids is 1. The summed E-state index contributed by atoms with van der Waals surface area (Å²) in [6, 6.07) is 5.00. The number of anilines is 1. The Hall–Kier alpha value is -2.39. The van der Waals surface area contributed by atoms with Crippen molar-refractivity contribution in [3.63, 3.8) is 0 Å². The van der Waals surface area contributed by atoms with Gasteiger partial charge in [0, 0.05) is 17.3 Å². The number of halogens is 3. The molecule has 146 valence electrons. The zero-order valence-corrected chi connectivity index (χ0v) is 16.0.